The fourth-order valence-electron chi connectivity index (χ4n) is 1.37. The lowest BCUT2D eigenvalue weighted by atomic mass is 10.3. The van der Waals surface area contributed by atoms with Gasteiger partial charge in [-0.15, -0.1) is 11.3 Å². The molecule has 0 saturated heterocycles. The molecule has 0 aliphatic carbocycles. The van der Waals surface area contributed by atoms with Crippen LogP contribution in [0.3, 0.4) is 0 Å². The summed E-state index contributed by atoms with van der Waals surface area (Å²) in [6.45, 7) is 0.108. The van der Waals surface area contributed by atoms with Gasteiger partial charge in [-0.05, 0) is 12.1 Å². The molecule has 0 saturated carbocycles. The second kappa shape index (κ2) is 5.23. The van der Waals surface area contributed by atoms with Gasteiger partial charge in [0.05, 0.1) is 28.5 Å². The minimum Gasteiger partial charge on any atom is -0.398 e. The van der Waals surface area contributed by atoms with Gasteiger partial charge < -0.3 is 5.73 Å². The highest BCUT2D eigenvalue weighted by atomic mass is 35.5. The third kappa shape index (κ3) is 2.81. The maximum absolute atomic E-state index is 12.1. The Balaban J connectivity index is 2.26. The Kier molecular flexibility index (Phi) is 3.86. The number of hydrogen-bond donors (Lipinski definition) is 2. The molecule has 18 heavy (non-hydrogen) atoms. The van der Waals surface area contributed by atoms with Crippen molar-refractivity contribution in [2.75, 3.05) is 5.73 Å². The van der Waals surface area contributed by atoms with Crippen molar-refractivity contribution < 1.29 is 8.42 Å². The van der Waals surface area contributed by atoms with Crippen molar-refractivity contribution in [2.45, 2.75) is 11.4 Å². The number of halogens is 1. The molecule has 1 aromatic carbocycles. The van der Waals surface area contributed by atoms with Crippen molar-refractivity contribution in [1.82, 2.24) is 9.71 Å². The second-order valence-corrected chi connectivity index (χ2v) is 6.29. The first-order valence-corrected chi connectivity index (χ1v) is 7.72. The van der Waals surface area contributed by atoms with Crippen LogP contribution >= 0.6 is 22.9 Å². The van der Waals surface area contributed by atoms with Gasteiger partial charge in [0.15, 0.2) is 0 Å². The summed E-state index contributed by atoms with van der Waals surface area (Å²) in [5.74, 6) is 0. The van der Waals surface area contributed by atoms with E-state index in [1.807, 2.05) is 0 Å². The number of aromatic nitrogens is 1. The molecule has 0 spiro atoms. The van der Waals surface area contributed by atoms with E-state index in [4.69, 9.17) is 17.3 Å². The van der Waals surface area contributed by atoms with Gasteiger partial charge >= 0.3 is 0 Å². The first kappa shape index (κ1) is 13.3. The number of anilines is 1. The van der Waals surface area contributed by atoms with Gasteiger partial charge in [0.1, 0.15) is 4.90 Å². The summed E-state index contributed by atoms with van der Waals surface area (Å²) in [6.07, 6.45) is 0. The molecule has 96 valence electrons. The van der Waals surface area contributed by atoms with Crippen LogP contribution in [0.1, 0.15) is 5.69 Å². The zero-order valence-corrected chi connectivity index (χ0v) is 11.5. The van der Waals surface area contributed by atoms with Gasteiger partial charge in [0.25, 0.3) is 0 Å². The zero-order chi connectivity index (χ0) is 13.2. The van der Waals surface area contributed by atoms with E-state index in [0.29, 0.717) is 5.69 Å². The average Bonchev–Trinajstić information content (AvgIpc) is 2.78. The highest BCUT2D eigenvalue weighted by Gasteiger charge is 2.20. The third-order valence-electron chi connectivity index (χ3n) is 2.19. The Labute approximate surface area is 114 Å². The molecule has 0 radical (unpaired) electrons. The Bertz CT molecular complexity index is 621. The third-order valence-corrected chi connectivity index (χ3v) is 4.77. The highest BCUT2D eigenvalue weighted by molar-refractivity contribution is 7.89. The summed E-state index contributed by atoms with van der Waals surface area (Å²) in [7, 11) is -3.74. The van der Waals surface area contributed by atoms with E-state index < -0.39 is 10.0 Å². The smallest absolute Gasteiger partial charge is 0.244 e. The number of nitrogens with one attached hydrogen (secondary N) is 1. The molecule has 0 fully saturated rings. The molecule has 2 aromatic rings. The average molecular weight is 304 g/mol. The van der Waals surface area contributed by atoms with Crippen LogP contribution in [0.2, 0.25) is 5.02 Å². The topological polar surface area (TPSA) is 85.1 Å². The maximum atomic E-state index is 12.1. The van der Waals surface area contributed by atoms with E-state index in [1.165, 1.54) is 23.5 Å². The fraction of sp³-hybridized carbons (Fsp3) is 0.100. The van der Waals surface area contributed by atoms with Crippen LogP contribution in [0, 0.1) is 0 Å². The van der Waals surface area contributed by atoms with Gasteiger partial charge in [-0.3, -0.25) is 0 Å². The molecule has 0 atom stereocenters. The molecule has 5 nitrogen and oxygen atoms in total. The zero-order valence-electron chi connectivity index (χ0n) is 9.13. The van der Waals surface area contributed by atoms with E-state index in [1.54, 1.807) is 17.0 Å². The van der Waals surface area contributed by atoms with Crippen LogP contribution in [0.5, 0.6) is 0 Å². The monoisotopic (exact) mass is 303 g/mol. The van der Waals surface area contributed by atoms with Crippen molar-refractivity contribution in [3.8, 4) is 0 Å². The summed E-state index contributed by atoms with van der Waals surface area (Å²) in [6, 6.07) is 4.57. The van der Waals surface area contributed by atoms with E-state index in [0.717, 1.165) is 0 Å². The molecule has 0 aliphatic heterocycles. The molecule has 8 heteroatoms. The quantitative estimate of drug-likeness (QED) is 0.844. The van der Waals surface area contributed by atoms with Gasteiger partial charge in [-0.2, -0.15) is 0 Å². The van der Waals surface area contributed by atoms with E-state index in [2.05, 4.69) is 9.71 Å². The predicted octanol–water partition coefficient (Wildman–Crippen LogP) is 1.86. The number of sulfonamides is 1. The van der Waals surface area contributed by atoms with Crippen molar-refractivity contribution in [1.29, 1.82) is 0 Å². The molecule has 2 rings (SSSR count). The number of nitrogen functional groups attached to an aromatic ring is 1. The highest BCUT2D eigenvalue weighted by Crippen LogP contribution is 2.26. The first-order chi connectivity index (χ1) is 8.50. The lowest BCUT2D eigenvalue weighted by Gasteiger charge is -2.09. The summed E-state index contributed by atoms with van der Waals surface area (Å²) >= 11 is 7.26. The van der Waals surface area contributed by atoms with Crippen LogP contribution in [-0.2, 0) is 16.6 Å². The SMILES string of the molecule is Nc1cccc(Cl)c1S(=O)(=O)NCc1cscn1. The number of thiazole rings is 1. The van der Waals surface area contributed by atoms with Crippen molar-refractivity contribution in [3.63, 3.8) is 0 Å². The van der Waals surface area contributed by atoms with Crippen LogP contribution < -0.4 is 10.5 Å². The normalized spacial score (nSPS) is 11.6. The van der Waals surface area contributed by atoms with Crippen molar-refractivity contribution in [2.24, 2.45) is 0 Å². The molecule has 1 aromatic heterocycles. The summed E-state index contributed by atoms with van der Waals surface area (Å²) < 4.78 is 26.5. The van der Waals surface area contributed by atoms with Crippen LogP contribution in [-0.4, -0.2) is 13.4 Å². The Morgan fingerprint density at radius 3 is 2.83 bits per heavy atom. The number of nitrogens with zero attached hydrogens (tertiary/aromatic N) is 1. The van der Waals surface area contributed by atoms with Gasteiger partial charge in [0, 0.05) is 5.38 Å². The van der Waals surface area contributed by atoms with E-state index >= 15 is 0 Å². The van der Waals surface area contributed by atoms with Crippen molar-refractivity contribution in [3.05, 3.63) is 39.8 Å². The predicted molar refractivity (Wildman–Crippen MR) is 72.0 cm³/mol. The lowest BCUT2D eigenvalue weighted by Crippen LogP contribution is -2.24. The Morgan fingerprint density at radius 1 is 1.44 bits per heavy atom. The van der Waals surface area contributed by atoms with Crippen molar-refractivity contribution >= 4 is 38.6 Å². The van der Waals surface area contributed by atoms with Crippen LogP contribution in [0.15, 0.2) is 34.0 Å². The summed E-state index contributed by atoms with van der Waals surface area (Å²) in [5.41, 5.74) is 8.04. The van der Waals surface area contributed by atoms with E-state index in [9.17, 15) is 8.42 Å². The molecule has 0 unspecified atom stereocenters. The molecule has 0 amide bonds. The van der Waals surface area contributed by atoms with Gasteiger partial charge in [-0.25, -0.2) is 18.1 Å². The molecule has 1 heterocycles. The lowest BCUT2D eigenvalue weighted by molar-refractivity contribution is 0.581. The Hall–Kier alpha value is -1.15. The molecule has 3 N–H and O–H groups in total. The van der Waals surface area contributed by atoms with Crippen LogP contribution in [0.25, 0.3) is 0 Å². The summed E-state index contributed by atoms with van der Waals surface area (Å²) in [4.78, 5) is 3.89. The standard InChI is InChI=1S/C10H10ClN3O2S2/c11-8-2-1-3-9(12)10(8)18(15,16)14-4-7-5-17-6-13-7/h1-3,5-6,14H,4,12H2. The van der Waals surface area contributed by atoms with Gasteiger partial charge in [0.2, 0.25) is 10.0 Å². The first-order valence-electron chi connectivity index (χ1n) is 4.91. The fourth-order valence-corrected chi connectivity index (χ4v) is 3.61. The largest absolute Gasteiger partial charge is 0.398 e. The number of rotatable bonds is 4. The molecule has 0 bridgehead atoms. The maximum Gasteiger partial charge on any atom is 0.244 e. The number of hydrogen-bond acceptors (Lipinski definition) is 5. The second-order valence-electron chi connectivity index (χ2n) is 3.46. The van der Waals surface area contributed by atoms with Gasteiger partial charge in [-0.1, -0.05) is 17.7 Å². The molecular weight excluding hydrogens is 294 g/mol. The minimum absolute atomic E-state index is 0.0955. The molecule has 0 aliphatic rings. The number of nitrogens with two attached hydrogens (primary N) is 1. The van der Waals surface area contributed by atoms with E-state index in [-0.39, 0.29) is 22.2 Å². The Morgan fingerprint density at radius 2 is 2.22 bits per heavy atom. The summed E-state index contributed by atoms with van der Waals surface area (Å²) in [5, 5.41) is 1.86. The molecular formula is C10H10ClN3O2S2. The van der Waals surface area contributed by atoms with Crippen LogP contribution in [0.4, 0.5) is 5.69 Å². The minimum atomic E-state index is -3.74. The number of benzene rings is 1.